The lowest BCUT2D eigenvalue weighted by molar-refractivity contribution is 0.596. The number of hydrogen-bond donors (Lipinski definition) is 0. The second-order valence-electron chi connectivity index (χ2n) is 8.39. The monoisotopic (exact) mass is 399 g/mol. The van der Waals surface area contributed by atoms with E-state index in [0.29, 0.717) is 38.6 Å². The van der Waals surface area contributed by atoms with Crippen molar-refractivity contribution in [1.29, 1.82) is 0 Å². The normalized spacial score (nSPS) is 16.2. The van der Waals surface area contributed by atoms with Crippen LogP contribution in [-0.2, 0) is 5.41 Å². The first-order valence-electron chi connectivity index (χ1n) is 14.3. The van der Waals surface area contributed by atoms with Gasteiger partial charge in [-0.25, -0.2) is 0 Å². The minimum Gasteiger partial charge on any atom is -0.456 e. The molecular weight excluding hydrogens is 364 g/mol. The van der Waals surface area contributed by atoms with Crippen LogP contribution in [0.15, 0.2) is 89.1 Å². The van der Waals surface area contributed by atoms with Crippen LogP contribution in [0, 0.1) is 6.92 Å². The van der Waals surface area contributed by atoms with Crippen LogP contribution < -0.4 is 0 Å². The third-order valence-corrected chi connectivity index (χ3v) is 5.20. The lowest BCUT2D eigenvalue weighted by Crippen LogP contribution is -2.13. The summed E-state index contributed by atoms with van der Waals surface area (Å²) in [5.41, 5.74) is 2.74. The van der Waals surface area contributed by atoms with Crippen LogP contribution in [0.1, 0.15) is 44.2 Å². The highest BCUT2D eigenvalue weighted by molar-refractivity contribution is 6.15. The molecule has 30 heavy (non-hydrogen) atoms. The molecule has 5 rings (SSSR count). The highest BCUT2D eigenvalue weighted by Crippen LogP contribution is 2.45. The minimum absolute atomic E-state index is 0.00416. The van der Waals surface area contributed by atoms with Crippen molar-refractivity contribution >= 4 is 21.9 Å². The van der Waals surface area contributed by atoms with E-state index < -0.39 is 23.5 Å². The predicted octanol–water partition coefficient (Wildman–Crippen LogP) is 8.53. The van der Waals surface area contributed by atoms with E-state index >= 15 is 0 Å². The maximum atomic E-state index is 8.79. The maximum Gasteiger partial charge on any atom is 0.136 e. The highest BCUT2D eigenvalue weighted by Gasteiger charge is 2.26. The summed E-state index contributed by atoms with van der Waals surface area (Å²) in [7, 11) is 0. The zero-order valence-corrected chi connectivity index (χ0v) is 17.3. The zero-order chi connectivity index (χ0) is 28.7. The summed E-state index contributed by atoms with van der Waals surface area (Å²) in [6, 6.07) is 6.09. The third kappa shape index (κ3) is 3.02. The minimum atomic E-state index is -0.562. The van der Waals surface area contributed by atoms with Crippen LogP contribution in [0.3, 0.4) is 0 Å². The molecule has 0 aliphatic carbocycles. The second-order valence-corrected chi connectivity index (χ2v) is 8.39. The Balaban J connectivity index is 2.03. The van der Waals surface area contributed by atoms with Crippen molar-refractivity contribution in [3.8, 4) is 22.3 Å². The Morgan fingerprint density at radius 2 is 1.47 bits per heavy atom. The molecule has 0 atom stereocenters. The van der Waals surface area contributed by atoms with E-state index in [9.17, 15) is 0 Å². The number of hydrogen-bond acceptors (Lipinski definition) is 1. The molecule has 0 spiro atoms. The number of rotatable bonds is 2. The number of furan rings is 1. The molecule has 1 nitrogen and oxygen atoms in total. The van der Waals surface area contributed by atoms with E-state index in [2.05, 4.69) is 0 Å². The van der Waals surface area contributed by atoms with Gasteiger partial charge in [-0.15, -0.1) is 0 Å². The van der Waals surface area contributed by atoms with Crippen molar-refractivity contribution in [2.24, 2.45) is 0 Å². The quantitative estimate of drug-likeness (QED) is 0.290. The molecule has 0 fully saturated rings. The topological polar surface area (TPSA) is 13.1 Å². The first-order chi connectivity index (χ1) is 18.2. The molecule has 1 aromatic heterocycles. The molecule has 1 heterocycles. The van der Waals surface area contributed by atoms with Crippen molar-refractivity contribution in [1.82, 2.24) is 0 Å². The SMILES string of the molecule is [2H]c1c([2H])c([2H])c(-c2cccc3oc4ccc(-c5c([2H])c([2H])c([2H])c(C)c5[2H])c(C(C)(C)C)c4c23)c([2H])c1[2H]. The van der Waals surface area contributed by atoms with E-state index in [1.54, 1.807) is 37.3 Å². The highest BCUT2D eigenvalue weighted by atomic mass is 16.3. The maximum absolute atomic E-state index is 8.79. The molecule has 0 N–H and O–H groups in total. The van der Waals surface area contributed by atoms with E-state index in [4.69, 9.17) is 16.8 Å². The fourth-order valence-corrected chi connectivity index (χ4v) is 4.06. The van der Waals surface area contributed by atoms with Gasteiger partial charge in [-0.1, -0.05) is 98.9 Å². The summed E-state index contributed by atoms with van der Waals surface area (Å²) in [5.74, 6) is 0. The van der Waals surface area contributed by atoms with Crippen LogP contribution >= 0.6 is 0 Å². The fourth-order valence-electron chi connectivity index (χ4n) is 4.06. The molecule has 0 saturated carbocycles. The number of fused-ring (bicyclic) bond motifs is 3. The summed E-state index contributed by atoms with van der Waals surface area (Å²) < 4.78 is 81.8. The Bertz CT molecular complexity index is 1790. The van der Waals surface area contributed by atoms with Crippen molar-refractivity contribution < 1.29 is 16.8 Å². The molecule has 0 bridgehead atoms. The lowest BCUT2D eigenvalue weighted by Gasteiger charge is -2.25. The summed E-state index contributed by atoms with van der Waals surface area (Å²) in [6.45, 7) is 7.55. The van der Waals surface area contributed by atoms with Gasteiger partial charge in [-0.2, -0.15) is 0 Å². The van der Waals surface area contributed by atoms with Gasteiger partial charge in [0.15, 0.2) is 0 Å². The van der Waals surface area contributed by atoms with E-state index in [-0.39, 0.29) is 47.4 Å². The summed E-state index contributed by atoms with van der Waals surface area (Å²) in [6.07, 6.45) is 0. The van der Waals surface area contributed by atoms with E-state index in [1.807, 2.05) is 20.8 Å². The molecule has 4 aromatic carbocycles. The Labute approximate surface area is 190 Å². The predicted molar refractivity (Wildman–Crippen MR) is 128 cm³/mol. The average molecular weight is 400 g/mol. The van der Waals surface area contributed by atoms with Gasteiger partial charge in [0.2, 0.25) is 0 Å². The molecule has 0 saturated heterocycles. The summed E-state index contributed by atoms with van der Waals surface area (Å²) in [4.78, 5) is 0. The zero-order valence-electron chi connectivity index (χ0n) is 26.3. The Morgan fingerprint density at radius 1 is 0.733 bits per heavy atom. The first-order valence-corrected chi connectivity index (χ1v) is 9.81. The van der Waals surface area contributed by atoms with Gasteiger partial charge in [-0.3, -0.25) is 0 Å². The molecule has 5 aromatic rings. The van der Waals surface area contributed by atoms with Crippen molar-refractivity contribution in [3.63, 3.8) is 0 Å². The summed E-state index contributed by atoms with van der Waals surface area (Å²) >= 11 is 0. The van der Waals surface area contributed by atoms with E-state index in [0.717, 1.165) is 5.56 Å². The van der Waals surface area contributed by atoms with Gasteiger partial charge in [0.05, 0.1) is 12.3 Å². The van der Waals surface area contributed by atoms with Gasteiger partial charge in [-0.05, 0) is 52.3 Å². The molecular formula is C29H26O. The molecule has 0 unspecified atom stereocenters. The molecule has 0 aliphatic rings. The molecule has 0 aliphatic heterocycles. The largest absolute Gasteiger partial charge is 0.456 e. The van der Waals surface area contributed by atoms with Crippen LogP contribution in [-0.4, -0.2) is 0 Å². The first kappa shape index (κ1) is 11.2. The number of benzene rings is 4. The standard InChI is InChI=1S/C29H26O/c1-19-10-8-13-21(18-19)23-16-17-25-27(28(23)29(2,3)4)26-22(14-9-15-24(26)30-25)20-11-6-5-7-12-20/h5-18H,1-4H3/i5D,6D,7D,8D,10D,11D,12D,13D,18D. The Hall–Kier alpha value is -3.32. The Morgan fingerprint density at radius 3 is 2.23 bits per heavy atom. The molecule has 0 amide bonds. The smallest absolute Gasteiger partial charge is 0.136 e. The van der Waals surface area contributed by atoms with Crippen LogP contribution in [0.5, 0.6) is 0 Å². The van der Waals surface area contributed by atoms with Gasteiger partial charge >= 0.3 is 0 Å². The summed E-state index contributed by atoms with van der Waals surface area (Å²) in [5, 5.41) is 1.21. The Kier molecular flexibility index (Phi) is 2.56. The molecule has 148 valence electrons. The fraction of sp³-hybridized carbons (Fsp3) is 0.172. The van der Waals surface area contributed by atoms with Gasteiger partial charge < -0.3 is 4.42 Å². The third-order valence-electron chi connectivity index (χ3n) is 5.20. The second kappa shape index (κ2) is 6.88. The average Bonchev–Trinajstić information content (AvgIpc) is 3.27. The van der Waals surface area contributed by atoms with Gasteiger partial charge in [0.25, 0.3) is 0 Å². The van der Waals surface area contributed by atoms with Crippen LogP contribution in [0.2, 0.25) is 0 Å². The van der Waals surface area contributed by atoms with Gasteiger partial charge in [0.1, 0.15) is 11.2 Å². The van der Waals surface area contributed by atoms with Crippen molar-refractivity contribution in [3.05, 3.63) is 95.8 Å². The van der Waals surface area contributed by atoms with Gasteiger partial charge in [0, 0.05) is 10.8 Å². The van der Waals surface area contributed by atoms with E-state index in [1.165, 1.54) is 0 Å². The van der Waals surface area contributed by atoms with Crippen molar-refractivity contribution in [2.45, 2.75) is 33.1 Å². The van der Waals surface area contributed by atoms with Crippen LogP contribution in [0.4, 0.5) is 0 Å². The van der Waals surface area contributed by atoms with Crippen molar-refractivity contribution in [2.75, 3.05) is 0 Å². The molecule has 0 radical (unpaired) electrons. The van der Waals surface area contributed by atoms with Crippen LogP contribution in [0.25, 0.3) is 44.2 Å². The lowest BCUT2D eigenvalue weighted by atomic mass is 9.78. The molecule has 1 heteroatoms.